The summed E-state index contributed by atoms with van der Waals surface area (Å²) in [6.07, 6.45) is 2.39. The molecule has 0 atom stereocenters. The van der Waals surface area contributed by atoms with Crippen molar-refractivity contribution >= 4 is 5.97 Å². The molecule has 1 aromatic heterocycles. The van der Waals surface area contributed by atoms with Crippen molar-refractivity contribution in [1.29, 1.82) is 0 Å². The van der Waals surface area contributed by atoms with Gasteiger partial charge in [-0.2, -0.15) is 4.98 Å². The van der Waals surface area contributed by atoms with E-state index in [-0.39, 0.29) is 5.97 Å². The van der Waals surface area contributed by atoms with Crippen LogP contribution in [0.4, 0.5) is 0 Å². The maximum atomic E-state index is 11.6. The number of nitrogens with zero attached hydrogens (tertiary/aromatic N) is 5. The maximum Gasteiger partial charge on any atom is 0.337 e. The smallest absolute Gasteiger partial charge is 0.337 e. The van der Waals surface area contributed by atoms with Gasteiger partial charge in [0.05, 0.1) is 19.2 Å². The van der Waals surface area contributed by atoms with Gasteiger partial charge >= 0.3 is 5.97 Å². The number of esters is 1. The van der Waals surface area contributed by atoms with Gasteiger partial charge in [-0.15, -0.1) is 0 Å². The Balaban J connectivity index is 1.27. The second kappa shape index (κ2) is 9.68. The number of hydrogen-bond acceptors (Lipinski definition) is 8. The molecule has 30 heavy (non-hydrogen) atoms. The summed E-state index contributed by atoms with van der Waals surface area (Å²) in [5.41, 5.74) is 1.33. The predicted molar refractivity (Wildman–Crippen MR) is 113 cm³/mol. The second-order valence-electron chi connectivity index (χ2n) is 8.06. The number of rotatable bonds is 6. The van der Waals surface area contributed by atoms with E-state index in [1.54, 1.807) is 12.1 Å². The molecule has 2 aliphatic rings. The molecule has 8 heteroatoms. The molecule has 0 spiro atoms. The molecular weight excluding hydrogens is 382 g/mol. The van der Waals surface area contributed by atoms with Crippen molar-refractivity contribution in [3.63, 3.8) is 0 Å². The average molecular weight is 414 g/mol. The van der Waals surface area contributed by atoms with Gasteiger partial charge in [0.1, 0.15) is 0 Å². The van der Waals surface area contributed by atoms with Crippen LogP contribution in [0.5, 0.6) is 0 Å². The fraction of sp³-hybridized carbons (Fsp3) is 0.591. The predicted octanol–water partition coefficient (Wildman–Crippen LogP) is 2.13. The second-order valence-corrected chi connectivity index (χ2v) is 8.06. The van der Waals surface area contributed by atoms with Crippen LogP contribution in [0.25, 0.3) is 11.4 Å². The van der Waals surface area contributed by atoms with E-state index in [4.69, 9.17) is 9.26 Å². The quantitative estimate of drug-likeness (QED) is 0.667. The Morgan fingerprint density at radius 2 is 1.77 bits per heavy atom. The number of carbonyl (C=O) groups excluding carboxylic acids is 1. The monoisotopic (exact) mass is 413 g/mol. The van der Waals surface area contributed by atoms with Gasteiger partial charge in [-0.05, 0) is 31.5 Å². The molecule has 0 aliphatic carbocycles. The highest BCUT2D eigenvalue weighted by Gasteiger charge is 2.27. The van der Waals surface area contributed by atoms with Gasteiger partial charge in [-0.3, -0.25) is 9.80 Å². The van der Waals surface area contributed by atoms with Crippen molar-refractivity contribution in [2.45, 2.75) is 32.4 Å². The summed E-state index contributed by atoms with van der Waals surface area (Å²) in [5, 5.41) is 4.11. The summed E-state index contributed by atoms with van der Waals surface area (Å²) < 4.78 is 10.2. The number of likely N-dealkylation sites (N-methyl/N-ethyl adjacent to an activating group) is 1. The molecule has 2 aromatic rings. The van der Waals surface area contributed by atoms with Gasteiger partial charge in [-0.1, -0.05) is 24.2 Å². The third-order valence-corrected chi connectivity index (χ3v) is 6.32. The standard InChI is InChI=1S/C22H31N5O3/c1-3-25-12-14-27(15-13-25)19-8-10-26(11-9-19)16-20-23-21(24-30-20)17-4-6-18(7-5-17)22(28)29-2/h4-7,19H,3,8-16H2,1-2H3. The Morgan fingerprint density at radius 3 is 2.40 bits per heavy atom. The molecule has 0 unspecified atom stereocenters. The SMILES string of the molecule is CCN1CCN(C2CCN(Cc3nc(-c4ccc(C(=O)OC)cc4)no3)CC2)CC1. The zero-order chi connectivity index (χ0) is 20.9. The van der Waals surface area contributed by atoms with E-state index in [0.717, 1.165) is 25.2 Å². The van der Waals surface area contributed by atoms with E-state index in [2.05, 4.69) is 31.8 Å². The summed E-state index contributed by atoms with van der Waals surface area (Å²) in [6.45, 7) is 11.0. The Hall–Kier alpha value is -2.29. The summed E-state index contributed by atoms with van der Waals surface area (Å²) in [7, 11) is 1.37. The number of piperazine rings is 1. The zero-order valence-electron chi connectivity index (χ0n) is 17.9. The Bertz CT molecular complexity index is 822. The van der Waals surface area contributed by atoms with Crippen LogP contribution in [0.2, 0.25) is 0 Å². The normalized spacial score (nSPS) is 19.8. The van der Waals surface area contributed by atoms with Gasteiger partial charge in [-0.25, -0.2) is 4.79 Å². The largest absolute Gasteiger partial charge is 0.465 e. The minimum atomic E-state index is -0.356. The summed E-state index contributed by atoms with van der Waals surface area (Å²) >= 11 is 0. The highest BCUT2D eigenvalue weighted by Crippen LogP contribution is 2.21. The van der Waals surface area contributed by atoms with E-state index in [9.17, 15) is 4.79 Å². The molecule has 1 aromatic carbocycles. The molecule has 0 N–H and O–H groups in total. The number of likely N-dealkylation sites (tertiary alicyclic amines) is 1. The van der Waals surface area contributed by atoms with Crippen molar-refractivity contribution in [1.82, 2.24) is 24.8 Å². The molecule has 2 saturated heterocycles. The van der Waals surface area contributed by atoms with Crippen LogP contribution in [0.15, 0.2) is 28.8 Å². The number of piperidine rings is 1. The maximum absolute atomic E-state index is 11.6. The van der Waals surface area contributed by atoms with E-state index < -0.39 is 0 Å². The molecule has 2 aliphatic heterocycles. The van der Waals surface area contributed by atoms with E-state index >= 15 is 0 Å². The van der Waals surface area contributed by atoms with Crippen LogP contribution < -0.4 is 0 Å². The summed E-state index contributed by atoms with van der Waals surface area (Å²) in [4.78, 5) is 23.7. The van der Waals surface area contributed by atoms with Crippen molar-refractivity contribution in [3.8, 4) is 11.4 Å². The van der Waals surface area contributed by atoms with Gasteiger partial charge in [0, 0.05) is 50.9 Å². The van der Waals surface area contributed by atoms with E-state index in [1.807, 2.05) is 12.1 Å². The van der Waals surface area contributed by atoms with E-state index in [0.29, 0.717) is 29.9 Å². The lowest BCUT2D eigenvalue weighted by atomic mass is 10.0. The lowest BCUT2D eigenvalue weighted by Gasteiger charge is -2.42. The number of methoxy groups -OCH3 is 1. The third kappa shape index (κ3) is 4.88. The first-order valence-corrected chi connectivity index (χ1v) is 10.9. The van der Waals surface area contributed by atoms with Crippen molar-refractivity contribution in [2.24, 2.45) is 0 Å². The highest BCUT2D eigenvalue weighted by molar-refractivity contribution is 5.89. The van der Waals surface area contributed by atoms with Gasteiger partial charge < -0.3 is 14.2 Å². The minimum Gasteiger partial charge on any atom is -0.465 e. The topological polar surface area (TPSA) is 74.9 Å². The summed E-state index contributed by atoms with van der Waals surface area (Å²) in [5.74, 6) is 0.827. The molecule has 0 amide bonds. The molecule has 162 valence electrons. The van der Waals surface area contributed by atoms with Crippen LogP contribution in [0.1, 0.15) is 36.0 Å². The molecule has 2 fully saturated rings. The van der Waals surface area contributed by atoms with Gasteiger partial charge in [0.2, 0.25) is 11.7 Å². The lowest BCUT2D eigenvalue weighted by molar-refractivity contribution is 0.0567. The van der Waals surface area contributed by atoms with Crippen molar-refractivity contribution < 1.29 is 14.1 Å². The molecule has 8 nitrogen and oxygen atoms in total. The Labute approximate surface area is 177 Å². The van der Waals surface area contributed by atoms with Crippen LogP contribution in [0, 0.1) is 0 Å². The number of aromatic nitrogens is 2. The highest BCUT2D eigenvalue weighted by atomic mass is 16.5. The van der Waals surface area contributed by atoms with Crippen LogP contribution in [-0.4, -0.2) is 89.8 Å². The van der Waals surface area contributed by atoms with Crippen LogP contribution >= 0.6 is 0 Å². The van der Waals surface area contributed by atoms with Crippen LogP contribution in [-0.2, 0) is 11.3 Å². The molecular formula is C22H31N5O3. The first-order valence-electron chi connectivity index (χ1n) is 10.9. The minimum absolute atomic E-state index is 0.356. The fourth-order valence-electron chi connectivity index (χ4n) is 4.39. The Morgan fingerprint density at radius 1 is 1.07 bits per heavy atom. The molecule has 0 bridgehead atoms. The molecule has 0 saturated carbocycles. The molecule has 4 rings (SSSR count). The van der Waals surface area contributed by atoms with Crippen molar-refractivity contribution in [3.05, 3.63) is 35.7 Å². The number of carbonyl (C=O) groups is 1. The number of ether oxygens (including phenoxy) is 1. The van der Waals surface area contributed by atoms with Gasteiger partial charge in [0.25, 0.3) is 0 Å². The first kappa shape index (κ1) is 21.0. The average Bonchev–Trinajstić information content (AvgIpc) is 3.27. The van der Waals surface area contributed by atoms with Crippen LogP contribution in [0.3, 0.4) is 0 Å². The zero-order valence-corrected chi connectivity index (χ0v) is 17.9. The first-order chi connectivity index (χ1) is 14.7. The number of hydrogen-bond donors (Lipinski definition) is 0. The number of benzene rings is 1. The molecule has 0 radical (unpaired) electrons. The van der Waals surface area contributed by atoms with Gasteiger partial charge in [0.15, 0.2) is 0 Å². The molecule has 3 heterocycles. The Kier molecular flexibility index (Phi) is 6.76. The van der Waals surface area contributed by atoms with Crippen molar-refractivity contribution in [2.75, 3.05) is 52.9 Å². The van der Waals surface area contributed by atoms with E-state index in [1.165, 1.54) is 46.1 Å². The third-order valence-electron chi connectivity index (χ3n) is 6.32. The summed E-state index contributed by atoms with van der Waals surface area (Å²) in [6, 6.07) is 7.74. The fourth-order valence-corrected chi connectivity index (χ4v) is 4.39. The lowest BCUT2D eigenvalue weighted by Crippen LogP contribution is -2.53.